The van der Waals surface area contributed by atoms with Crippen molar-refractivity contribution >= 4 is 0 Å². The molecule has 1 saturated carbocycles. The van der Waals surface area contributed by atoms with Gasteiger partial charge in [0.15, 0.2) is 5.79 Å². The maximum atomic E-state index is 6.04. The molecule has 1 aliphatic heterocycles. The van der Waals surface area contributed by atoms with E-state index in [4.69, 9.17) is 14.2 Å². The Kier molecular flexibility index (Phi) is 4.96. The van der Waals surface area contributed by atoms with Gasteiger partial charge in [-0.3, -0.25) is 0 Å². The SMILES string of the molecule is CCCCC1(C)COC(C)(COCC2CC3C=CC2C3)OC1. The van der Waals surface area contributed by atoms with Crippen LogP contribution in [0.2, 0.25) is 0 Å². The van der Waals surface area contributed by atoms with Crippen LogP contribution in [0.25, 0.3) is 0 Å². The molecule has 0 N–H and O–H groups in total. The van der Waals surface area contributed by atoms with Crippen molar-refractivity contribution in [2.24, 2.45) is 23.2 Å². The monoisotopic (exact) mass is 308 g/mol. The van der Waals surface area contributed by atoms with Crippen molar-refractivity contribution in [3.8, 4) is 0 Å². The molecule has 0 aromatic rings. The van der Waals surface area contributed by atoms with Gasteiger partial charge in [-0.15, -0.1) is 0 Å². The Morgan fingerprint density at radius 1 is 1.14 bits per heavy atom. The van der Waals surface area contributed by atoms with Crippen LogP contribution in [0.3, 0.4) is 0 Å². The second-order valence-corrected chi connectivity index (χ2v) is 8.18. The van der Waals surface area contributed by atoms with Crippen LogP contribution in [0, 0.1) is 23.2 Å². The van der Waals surface area contributed by atoms with E-state index in [2.05, 4.69) is 26.0 Å². The first-order valence-electron chi connectivity index (χ1n) is 9.06. The minimum atomic E-state index is -0.556. The number of allylic oxidation sites excluding steroid dienone is 2. The van der Waals surface area contributed by atoms with Crippen molar-refractivity contribution in [2.45, 2.75) is 58.7 Å². The normalized spacial score (nSPS) is 43.9. The summed E-state index contributed by atoms with van der Waals surface area (Å²) >= 11 is 0. The fraction of sp³-hybridized carbons (Fsp3) is 0.895. The highest BCUT2D eigenvalue weighted by Gasteiger charge is 2.40. The summed E-state index contributed by atoms with van der Waals surface area (Å²) in [6.45, 7) is 9.48. The maximum Gasteiger partial charge on any atom is 0.188 e. The van der Waals surface area contributed by atoms with E-state index < -0.39 is 5.79 Å². The maximum absolute atomic E-state index is 6.04. The first-order valence-corrected chi connectivity index (χ1v) is 9.06. The van der Waals surface area contributed by atoms with Crippen molar-refractivity contribution in [1.82, 2.24) is 0 Å². The number of unbranched alkanes of at least 4 members (excludes halogenated alkanes) is 1. The average Bonchev–Trinajstić information content (AvgIpc) is 3.12. The van der Waals surface area contributed by atoms with Gasteiger partial charge in [-0.05, 0) is 43.9 Å². The van der Waals surface area contributed by atoms with Gasteiger partial charge in [0.2, 0.25) is 0 Å². The van der Waals surface area contributed by atoms with E-state index in [-0.39, 0.29) is 5.41 Å². The lowest BCUT2D eigenvalue weighted by atomic mass is 9.86. The standard InChI is InChI=1S/C19H32O3/c1-4-5-8-18(2)12-21-19(3,22-13-18)14-20-11-17-10-15-6-7-16(17)9-15/h6-7,15-17H,4-5,8-14H2,1-3H3. The molecule has 126 valence electrons. The van der Waals surface area contributed by atoms with Gasteiger partial charge >= 0.3 is 0 Å². The first-order chi connectivity index (χ1) is 10.5. The minimum absolute atomic E-state index is 0.172. The lowest BCUT2D eigenvalue weighted by Gasteiger charge is -2.43. The van der Waals surface area contributed by atoms with Gasteiger partial charge in [0.1, 0.15) is 6.61 Å². The zero-order valence-electron chi connectivity index (χ0n) is 14.5. The largest absolute Gasteiger partial charge is 0.376 e. The molecule has 1 saturated heterocycles. The summed E-state index contributed by atoms with van der Waals surface area (Å²) in [6.07, 6.45) is 11.1. The molecule has 3 rings (SSSR count). The summed E-state index contributed by atoms with van der Waals surface area (Å²) < 4.78 is 18.1. The molecule has 0 amide bonds. The molecule has 2 bridgehead atoms. The summed E-state index contributed by atoms with van der Waals surface area (Å²) in [5, 5.41) is 0. The van der Waals surface area contributed by atoms with Gasteiger partial charge in [0.05, 0.1) is 19.8 Å². The summed E-state index contributed by atoms with van der Waals surface area (Å²) in [4.78, 5) is 0. The van der Waals surface area contributed by atoms with Crippen LogP contribution >= 0.6 is 0 Å². The molecule has 22 heavy (non-hydrogen) atoms. The Balaban J connectivity index is 1.39. The molecular weight excluding hydrogens is 276 g/mol. The number of hydrogen-bond acceptors (Lipinski definition) is 3. The zero-order chi connectivity index (χ0) is 15.6. The van der Waals surface area contributed by atoms with E-state index in [1.54, 1.807) is 0 Å². The molecule has 3 heteroatoms. The number of fused-ring (bicyclic) bond motifs is 2. The lowest BCUT2D eigenvalue weighted by molar-refractivity contribution is -0.310. The molecule has 3 atom stereocenters. The minimum Gasteiger partial charge on any atom is -0.376 e. The molecule has 0 spiro atoms. The molecule has 0 aromatic carbocycles. The Labute approximate surface area is 135 Å². The van der Waals surface area contributed by atoms with Crippen LogP contribution in [0.5, 0.6) is 0 Å². The van der Waals surface area contributed by atoms with Crippen LogP contribution in [-0.4, -0.2) is 32.2 Å². The smallest absolute Gasteiger partial charge is 0.188 e. The highest BCUT2D eigenvalue weighted by Crippen LogP contribution is 2.43. The van der Waals surface area contributed by atoms with E-state index in [0.717, 1.165) is 31.7 Å². The van der Waals surface area contributed by atoms with Gasteiger partial charge in [-0.1, -0.05) is 38.8 Å². The Hall–Kier alpha value is -0.380. The van der Waals surface area contributed by atoms with Gasteiger partial charge in [0, 0.05) is 5.41 Å². The predicted molar refractivity (Wildman–Crippen MR) is 87.6 cm³/mol. The predicted octanol–water partition coefficient (Wildman–Crippen LogP) is 4.17. The van der Waals surface area contributed by atoms with Crippen LogP contribution in [0.15, 0.2) is 12.2 Å². The third-order valence-corrected chi connectivity index (χ3v) is 5.70. The zero-order valence-corrected chi connectivity index (χ0v) is 14.5. The summed E-state index contributed by atoms with van der Waals surface area (Å²) in [5.41, 5.74) is 0.172. The third-order valence-electron chi connectivity index (χ3n) is 5.70. The molecule has 3 nitrogen and oxygen atoms in total. The molecule has 2 fully saturated rings. The molecule has 0 radical (unpaired) electrons. The second-order valence-electron chi connectivity index (χ2n) is 8.18. The molecule has 1 heterocycles. The van der Waals surface area contributed by atoms with Gasteiger partial charge in [-0.2, -0.15) is 0 Å². The van der Waals surface area contributed by atoms with Crippen LogP contribution < -0.4 is 0 Å². The Morgan fingerprint density at radius 3 is 2.50 bits per heavy atom. The average molecular weight is 308 g/mol. The van der Waals surface area contributed by atoms with Gasteiger partial charge in [-0.25, -0.2) is 0 Å². The highest BCUT2D eigenvalue weighted by atomic mass is 16.7. The van der Waals surface area contributed by atoms with Crippen molar-refractivity contribution in [1.29, 1.82) is 0 Å². The molecule has 2 aliphatic carbocycles. The molecular formula is C19H32O3. The number of ether oxygens (including phenoxy) is 3. The van der Waals surface area contributed by atoms with Crippen molar-refractivity contribution in [3.05, 3.63) is 12.2 Å². The third kappa shape index (κ3) is 3.74. The fourth-order valence-corrected chi connectivity index (χ4v) is 4.05. The summed E-state index contributed by atoms with van der Waals surface area (Å²) in [5.74, 6) is 1.72. The highest BCUT2D eigenvalue weighted by molar-refractivity contribution is 5.10. The van der Waals surface area contributed by atoms with Gasteiger partial charge < -0.3 is 14.2 Å². The van der Waals surface area contributed by atoms with E-state index >= 15 is 0 Å². The van der Waals surface area contributed by atoms with E-state index in [9.17, 15) is 0 Å². The Morgan fingerprint density at radius 2 is 1.91 bits per heavy atom. The van der Waals surface area contributed by atoms with Crippen LogP contribution in [0.4, 0.5) is 0 Å². The summed E-state index contributed by atoms with van der Waals surface area (Å²) in [6, 6.07) is 0. The van der Waals surface area contributed by atoms with E-state index in [0.29, 0.717) is 12.5 Å². The van der Waals surface area contributed by atoms with Crippen molar-refractivity contribution in [3.63, 3.8) is 0 Å². The van der Waals surface area contributed by atoms with Crippen LogP contribution in [-0.2, 0) is 14.2 Å². The number of hydrogen-bond donors (Lipinski definition) is 0. The van der Waals surface area contributed by atoms with Crippen molar-refractivity contribution in [2.75, 3.05) is 26.4 Å². The van der Waals surface area contributed by atoms with Crippen LogP contribution in [0.1, 0.15) is 52.9 Å². The Bertz CT molecular complexity index is 395. The second kappa shape index (κ2) is 6.62. The summed E-state index contributed by atoms with van der Waals surface area (Å²) in [7, 11) is 0. The molecule has 3 aliphatic rings. The topological polar surface area (TPSA) is 27.7 Å². The fourth-order valence-electron chi connectivity index (χ4n) is 4.05. The van der Waals surface area contributed by atoms with E-state index in [1.165, 1.54) is 32.1 Å². The molecule has 0 aromatic heterocycles. The lowest BCUT2D eigenvalue weighted by Crippen LogP contribution is -2.49. The molecule has 3 unspecified atom stereocenters. The van der Waals surface area contributed by atoms with E-state index in [1.807, 2.05) is 6.92 Å². The number of rotatable bonds is 7. The van der Waals surface area contributed by atoms with Gasteiger partial charge in [0.25, 0.3) is 0 Å². The quantitative estimate of drug-likeness (QED) is 0.661. The van der Waals surface area contributed by atoms with Crippen molar-refractivity contribution < 1.29 is 14.2 Å². The first kappa shape index (κ1) is 16.5.